The summed E-state index contributed by atoms with van der Waals surface area (Å²) >= 11 is 1.38. The summed E-state index contributed by atoms with van der Waals surface area (Å²) in [5, 5.41) is 12.3. The predicted octanol–water partition coefficient (Wildman–Crippen LogP) is 3.07. The van der Waals surface area contributed by atoms with Crippen LogP contribution >= 0.6 is 11.3 Å². The van der Waals surface area contributed by atoms with Crippen LogP contribution in [-0.4, -0.2) is 45.3 Å². The van der Waals surface area contributed by atoms with E-state index in [1.54, 1.807) is 0 Å². The Hall–Kier alpha value is -1.70. The number of nitrogens with zero attached hydrogens (tertiary/aromatic N) is 3. The van der Waals surface area contributed by atoms with Gasteiger partial charge in [0.1, 0.15) is 16.7 Å². The topological polar surface area (TPSA) is 84.4 Å². The molecule has 24 heavy (non-hydrogen) atoms. The predicted molar refractivity (Wildman–Crippen MR) is 93.0 cm³/mol. The van der Waals surface area contributed by atoms with Gasteiger partial charge in [0.25, 0.3) is 0 Å². The lowest BCUT2D eigenvalue weighted by Crippen LogP contribution is -2.45. The van der Waals surface area contributed by atoms with E-state index in [9.17, 15) is 9.59 Å². The Labute approximate surface area is 146 Å². The number of ether oxygens (including phenoxy) is 1. The molecule has 1 atom stereocenters. The van der Waals surface area contributed by atoms with Crippen molar-refractivity contribution in [2.45, 2.75) is 65.5 Å². The van der Waals surface area contributed by atoms with Crippen molar-refractivity contribution in [2.75, 3.05) is 11.9 Å². The Kier molecular flexibility index (Phi) is 5.79. The second kappa shape index (κ2) is 7.46. The zero-order valence-corrected chi connectivity index (χ0v) is 15.8. The highest BCUT2D eigenvalue weighted by Gasteiger charge is 2.36. The largest absolute Gasteiger partial charge is 0.444 e. The molecule has 134 valence electrons. The zero-order chi connectivity index (χ0) is 17.9. The lowest BCUT2D eigenvalue weighted by atomic mass is 10.1. The molecule has 8 heteroatoms. The molecule has 1 aliphatic rings. The normalized spacial score (nSPS) is 18.1. The second-order valence-corrected chi connectivity index (χ2v) is 8.48. The maximum absolute atomic E-state index is 12.5. The highest BCUT2D eigenvalue weighted by Crippen LogP contribution is 2.24. The number of hydrogen-bond donors (Lipinski definition) is 1. The van der Waals surface area contributed by atoms with Gasteiger partial charge in [0.05, 0.1) is 0 Å². The number of hydrogen-bond acceptors (Lipinski definition) is 6. The van der Waals surface area contributed by atoms with Gasteiger partial charge in [-0.25, -0.2) is 4.79 Å². The monoisotopic (exact) mass is 354 g/mol. The zero-order valence-electron chi connectivity index (χ0n) is 15.0. The molecule has 0 aromatic carbocycles. The molecule has 2 amide bonds. The molecule has 0 aliphatic carbocycles. The van der Waals surface area contributed by atoms with E-state index in [-0.39, 0.29) is 5.91 Å². The first-order chi connectivity index (χ1) is 11.2. The number of anilines is 1. The molecule has 2 rings (SSSR count). The summed E-state index contributed by atoms with van der Waals surface area (Å²) in [5.41, 5.74) is -0.578. The summed E-state index contributed by atoms with van der Waals surface area (Å²) in [4.78, 5) is 26.3. The maximum Gasteiger partial charge on any atom is 0.410 e. The van der Waals surface area contributed by atoms with Crippen molar-refractivity contribution >= 4 is 28.5 Å². The van der Waals surface area contributed by atoms with Crippen molar-refractivity contribution < 1.29 is 14.3 Å². The van der Waals surface area contributed by atoms with Crippen molar-refractivity contribution in [3.05, 3.63) is 5.01 Å². The number of aromatic nitrogens is 2. The van der Waals surface area contributed by atoms with Crippen molar-refractivity contribution in [1.82, 2.24) is 15.1 Å². The standard InChI is InChI=1S/C16H26N4O3S/c1-10(2)9-12-18-19-14(24-12)17-13(21)11-7-6-8-20(11)15(22)23-16(3,4)5/h10-11H,6-9H2,1-5H3,(H,17,19,21)/t11-/m0/s1. The van der Waals surface area contributed by atoms with Crippen LogP contribution in [0.25, 0.3) is 0 Å². The number of carbonyl (C=O) groups is 2. The average molecular weight is 354 g/mol. The van der Waals surface area contributed by atoms with E-state index in [0.717, 1.165) is 17.8 Å². The Morgan fingerprint density at radius 3 is 2.71 bits per heavy atom. The van der Waals surface area contributed by atoms with Crippen LogP contribution < -0.4 is 5.32 Å². The summed E-state index contributed by atoms with van der Waals surface area (Å²) < 4.78 is 5.38. The molecule has 2 heterocycles. The molecule has 1 aromatic rings. The summed E-state index contributed by atoms with van der Waals surface area (Å²) in [7, 11) is 0. The van der Waals surface area contributed by atoms with Gasteiger partial charge in [-0.3, -0.25) is 15.0 Å². The lowest BCUT2D eigenvalue weighted by Gasteiger charge is -2.27. The Morgan fingerprint density at radius 1 is 1.38 bits per heavy atom. The van der Waals surface area contributed by atoms with Crippen molar-refractivity contribution in [2.24, 2.45) is 5.92 Å². The number of amides is 2. The third kappa shape index (κ3) is 5.15. The van der Waals surface area contributed by atoms with Gasteiger partial charge in [-0.1, -0.05) is 25.2 Å². The van der Waals surface area contributed by atoms with E-state index in [1.165, 1.54) is 16.2 Å². The Morgan fingerprint density at radius 2 is 2.08 bits per heavy atom. The van der Waals surface area contributed by atoms with E-state index < -0.39 is 17.7 Å². The van der Waals surface area contributed by atoms with Crippen LogP contribution in [0.5, 0.6) is 0 Å². The van der Waals surface area contributed by atoms with Gasteiger partial charge in [-0.15, -0.1) is 10.2 Å². The Bertz CT molecular complexity index is 594. The molecule has 0 saturated carbocycles. The van der Waals surface area contributed by atoms with Crippen molar-refractivity contribution in [1.29, 1.82) is 0 Å². The van der Waals surface area contributed by atoms with Crippen LogP contribution in [-0.2, 0) is 16.0 Å². The molecule has 0 bridgehead atoms. The average Bonchev–Trinajstić information content (AvgIpc) is 3.05. The van der Waals surface area contributed by atoms with Crippen LogP contribution in [0.4, 0.5) is 9.93 Å². The summed E-state index contributed by atoms with van der Waals surface area (Å²) in [5.74, 6) is 0.254. The molecule has 1 aromatic heterocycles. The molecular formula is C16H26N4O3S. The third-order valence-electron chi connectivity index (χ3n) is 3.46. The Balaban J connectivity index is 1.98. The summed E-state index contributed by atoms with van der Waals surface area (Å²) in [6.07, 6.45) is 1.80. The van der Waals surface area contributed by atoms with E-state index in [2.05, 4.69) is 29.4 Å². The fraction of sp³-hybridized carbons (Fsp3) is 0.750. The van der Waals surface area contributed by atoms with Gasteiger partial charge in [0.15, 0.2) is 0 Å². The van der Waals surface area contributed by atoms with Crippen molar-refractivity contribution in [3.8, 4) is 0 Å². The first kappa shape index (κ1) is 18.6. The van der Waals surface area contributed by atoms with Crippen LogP contribution in [0, 0.1) is 5.92 Å². The minimum atomic E-state index is -0.578. The van der Waals surface area contributed by atoms with E-state index >= 15 is 0 Å². The first-order valence-electron chi connectivity index (χ1n) is 8.28. The molecule has 7 nitrogen and oxygen atoms in total. The molecule has 1 saturated heterocycles. The van der Waals surface area contributed by atoms with Crippen LogP contribution in [0.3, 0.4) is 0 Å². The van der Waals surface area contributed by atoms with E-state index in [4.69, 9.17) is 4.74 Å². The molecule has 0 unspecified atom stereocenters. The number of likely N-dealkylation sites (tertiary alicyclic amines) is 1. The fourth-order valence-electron chi connectivity index (χ4n) is 2.50. The fourth-order valence-corrected chi connectivity index (χ4v) is 3.46. The highest BCUT2D eigenvalue weighted by molar-refractivity contribution is 7.15. The van der Waals surface area contributed by atoms with Gasteiger partial charge in [-0.2, -0.15) is 0 Å². The number of carbonyl (C=O) groups excluding carboxylic acids is 2. The first-order valence-corrected chi connectivity index (χ1v) is 9.10. The molecule has 0 spiro atoms. The lowest BCUT2D eigenvalue weighted by molar-refractivity contribution is -0.120. The molecule has 1 fully saturated rings. The molecule has 1 N–H and O–H groups in total. The van der Waals surface area contributed by atoms with Crippen LogP contribution in [0.1, 0.15) is 52.5 Å². The minimum Gasteiger partial charge on any atom is -0.444 e. The summed E-state index contributed by atoms with van der Waals surface area (Å²) in [6, 6.07) is -0.516. The quantitative estimate of drug-likeness (QED) is 0.898. The van der Waals surface area contributed by atoms with Crippen LogP contribution in [0.15, 0.2) is 0 Å². The number of rotatable bonds is 4. The van der Waals surface area contributed by atoms with Crippen molar-refractivity contribution in [3.63, 3.8) is 0 Å². The van der Waals surface area contributed by atoms with Gasteiger partial charge in [-0.05, 0) is 39.5 Å². The second-order valence-electron chi connectivity index (χ2n) is 7.42. The number of nitrogens with one attached hydrogen (secondary N) is 1. The van der Waals surface area contributed by atoms with Gasteiger partial charge in [0.2, 0.25) is 11.0 Å². The smallest absolute Gasteiger partial charge is 0.410 e. The minimum absolute atomic E-state index is 0.231. The van der Waals surface area contributed by atoms with Gasteiger partial charge < -0.3 is 4.74 Å². The summed E-state index contributed by atoms with van der Waals surface area (Å²) in [6.45, 7) is 10.2. The van der Waals surface area contributed by atoms with E-state index in [0.29, 0.717) is 24.0 Å². The maximum atomic E-state index is 12.5. The SMILES string of the molecule is CC(C)Cc1nnc(NC(=O)[C@@H]2CCCN2C(=O)OC(C)(C)C)s1. The molecule has 1 aliphatic heterocycles. The van der Waals surface area contributed by atoms with Gasteiger partial charge in [0, 0.05) is 13.0 Å². The van der Waals surface area contributed by atoms with E-state index in [1.807, 2.05) is 20.8 Å². The van der Waals surface area contributed by atoms with Gasteiger partial charge >= 0.3 is 6.09 Å². The third-order valence-corrected chi connectivity index (χ3v) is 4.32. The molecular weight excluding hydrogens is 328 g/mol. The van der Waals surface area contributed by atoms with Crippen LogP contribution in [0.2, 0.25) is 0 Å². The molecule has 0 radical (unpaired) electrons. The highest BCUT2D eigenvalue weighted by atomic mass is 32.1.